The second-order valence-corrected chi connectivity index (χ2v) is 9.22. The molecule has 2 aromatic rings. The number of carbonyl (C=O) groups excluding carboxylic acids is 4. The van der Waals surface area contributed by atoms with Crippen LogP contribution in [0.5, 0.6) is 5.75 Å². The van der Waals surface area contributed by atoms with Gasteiger partial charge in [0.25, 0.3) is 0 Å². The number of nitrogens with one attached hydrogen (secondary N) is 4. The van der Waals surface area contributed by atoms with Crippen LogP contribution in [0, 0.1) is 0 Å². The SMILES string of the molecule is NC(=O)CCC(NC(=O)C(Cc1ccc(O)cc1)NC(=O)C(N)Cc1cnc[nH]1)C(=O)NC(CCC(=O)O)C(=O)O. The summed E-state index contributed by atoms with van der Waals surface area (Å²) in [7, 11) is 0. The predicted octanol–water partition coefficient (Wildman–Crippen LogP) is -2.10. The maximum Gasteiger partial charge on any atom is 0.326 e. The molecule has 0 aliphatic heterocycles. The largest absolute Gasteiger partial charge is 0.508 e. The number of aromatic nitrogens is 2. The smallest absolute Gasteiger partial charge is 0.326 e. The Hall–Kier alpha value is -4.99. The van der Waals surface area contributed by atoms with Gasteiger partial charge >= 0.3 is 11.9 Å². The van der Waals surface area contributed by atoms with Gasteiger partial charge in [0.2, 0.25) is 23.6 Å². The molecule has 0 spiro atoms. The van der Waals surface area contributed by atoms with Crippen LogP contribution >= 0.6 is 0 Å². The number of nitrogens with two attached hydrogens (primary N) is 2. The highest BCUT2D eigenvalue weighted by Crippen LogP contribution is 2.12. The van der Waals surface area contributed by atoms with Gasteiger partial charge in [0.15, 0.2) is 0 Å². The van der Waals surface area contributed by atoms with Gasteiger partial charge in [0.1, 0.15) is 23.9 Å². The molecule has 16 heteroatoms. The molecular weight excluding hydrogens is 542 g/mol. The van der Waals surface area contributed by atoms with Crippen molar-refractivity contribution in [3.63, 3.8) is 0 Å². The van der Waals surface area contributed by atoms with Crippen LogP contribution in [-0.2, 0) is 41.6 Å². The number of carbonyl (C=O) groups is 6. The number of hydrogen-bond donors (Lipinski definition) is 9. The Morgan fingerprint density at radius 1 is 0.829 bits per heavy atom. The Kier molecular flexibility index (Phi) is 12.2. The summed E-state index contributed by atoms with van der Waals surface area (Å²) in [6.07, 6.45) is 1.25. The van der Waals surface area contributed by atoms with Crippen LogP contribution < -0.4 is 27.4 Å². The first-order chi connectivity index (χ1) is 19.3. The Labute approximate surface area is 233 Å². The van der Waals surface area contributed by atoms with E-state index in [0.717, 1.165) is 0 Å². The number of aromatic amines is 1. The minimum atomic E-state index is -1.58. The highest BCUT2D eigenvalue weighted by Gasteiger charge is 2.31. The van der Waals surface area contributed by atoms with E-state index >= 15 is 0 Å². The summed E-state index contributed by atoms with van der Waals surface area (Å²) in [5.41, 5.74) is 12.3. The lowest BCUT2D eigenvalue weighted by molar-refractivity contribution is -0.143. The minimum absolute atomic E-state index is 0.0283. The second-order valence-electron chi connectivity index (χ2n) is 9.22. The molecule has 0 bridgehead atoms. The zero-order chi connectivity index (χ0) is 30.5. The van der Waals surface area contributed by atoms with Crippen LogP contribution in [0.3, 0.4) is 0 Å². The zero-order valence-corrected chi connectivity index (χ0v) is 21.9. The standard InChI is InChI=1S/C25H33N7O9/c26-16(10-14-11-28-12-29-14)22(37)32-19(9-13-1-3-15(33)4-2-13)24(39)30-17(5-7-20(27)34)23(38)31-18(25(40)41)6-8-21(35)36/h1-4,11-12,16-19,33H,5-10,26H2,(H2,27,34)(H,28,29)(H,30,39)(H,31,38)(H,32,37)(H,35,36)(H,40,41). The lowest BCUT2D eigenvalue weighted by Gasteiger charge is -2.25. The van der Waals surface area contributed by atoms with Gasteiger partial charge in [-0.2, -0.15) is 0 Å². The highest BCUT2D eigenvalue weighted by atomic mass is 16.4. The predicted molar refractivity (Wildman–Crippen MR) is 141 cm³/mol. The van der Waals surface area contributed by atoms with E-state index in [4.69, 9.17) is 16.6 Å². The summed E-state index contributed by atoms with van der Waals surface area (Å²) < 4.78 is 0. The minimum Gasteiger partial charge on any atom is -0.508 e. The zero-order valence-electron chi connectivity index (χ0n) is 21.9. The van der Waals surface area contributed by atoms with Crippen molar-refractivity contribution in [3.8, 4) is 5.75 Å². The Bertz CT molecular complexity index is 1220. The molecule has 1 aromatic heterocycles. The fraction of sp³-hybridized carbons (Fsp3) is 0.400. The van der Waals surface area contributed by atoms with Crippen molar-refractivity contribution in [2.24, 2.45) is 11.5 Å². The number of hydrogen-bond acceptors (Lipinski definition) is 9. The average molecular weight is 576 g/mol. The van der Waals surface area contributed by atoms with Crippen molar-refractivity contribution in [2.45, 2.75) is 62.7 Å². The van der Waals surface area contributed by atoms with Crippen LogP contribution in [0.15, 0.2) is 36.8 Å². The number of rotatable bonds is 17. The molecule has 41 heavy (non-hydrogen) atoms. The van der Waals surface area contributed by atoms with Crippen molar-refractivity contribution in [1.82, 2.24) is 25.9 Å². The Morgan fingerprint density at radius 2 is 1.41 bits per heavy atom. The third-order valence-electron chi connectivity index (χ3n) is 5.91. The van der Waals surface area contributed by atoms with Gasteiger partial charge in [-0.3, -0.25) is 24.0 Å². The number of H-pyrrole nitrogens is 1. The number of phenolic OH excluding ortho intramolecular Hbond substituents is 1. The van der Waals surface area contributed by atoms with E-state index < -0.39 is 72.6 Å². The number of imidazole rings is 1. The topological polar surface area (TPSA) is 280 Å². The van der Waals surface area contributed by atoms with Gasteiger partial charge < -0.3 is 47.7 Å². The number of primary amides is 1. The van der Waals surface area contributed by atoms with Gasteiger partial charge in [-0.15, -0.1) is 0 Å². The van der Waals surface area contributed by atoms with Gasteiger partial charge in [0.05, 0.1) is 12.4 Å². The molecule has 0 saturated carbocycles. The van der Waals surface area contributed by atoms with E-state index in [1.165, 1.54) is 36.8 Å². The van der Waals surface area contributed by atoms with E-state index in [2.05, 4.69) is 25.9 Å². The summed E-state index contributed by atoms with van der Waals surface area (Å²) in [6, 6.07) is 0.382. The van der Waals surface area contributed by atoms with E-state index in [1.54, 1.807) is 0 Å². The van der Waals surface area contributed by atoms with E-state index in [-0.39, 0.29) is 31.4 Å². The number of carboxylic acid groups (broad SMARTS) is 2. The van der Waals surface area contributed by atoms with Crippen LogP contribution in [0.4, 0.5) is 0 Å². The van der Waals surface area contributed by atoms with Crippen LogP contribution in [-0.4, -0.2) is 85.0 Å². The Balaban J connectivity index is 2.24. The summed E-state index contributed by atoms with van der Waals surface area (Å²) in [5, 5.41) is 34.9. The number of nitrogens with zero attached hydrogens (tertiary/aromatic N) is 1. The first-order valence-electron chi connectivity index (χ1n) is 12.5. The van der Waals surface area contributed by atoms with E-state index in [9.17, 15) is 39.0 Å². The molecule has 1 heterocycles. The number of carboxylic acids is 2. The highest BCUT2D eigenvalue weighted by molar-refractivity contribution is 5.94. The molecule has 222 valence electrons. The number of phenols is 1. The average Bonchev–Trinajstić information content (AvgIpc) is 3.42. The maximum atomic E-state index is 13.4. The molecule has 4 amide bonds. The summed E-state index contributed by atoms with van der Waals surface area (Å²) in [4.78, 5) is 79.6. The normalized spacial score (nSPS) is 13.7. The number of benzene rings is 1. The molecule has 0 fully saturated rings. The molecule has 4 unspecified atom stereocenters. The monoisotopic (exact) mass is 575 g/mol. The first-order valence-corrected chi connectivity index (χ1v) is 12.5. The third kappa shape index (κ3) is 11.3. The maximum absolute atomic E-state index is 13.4. The molecule has 0 radical (unpaired) electrons. The molecule has 2 rings (SSSR count). The fourth-order valence-corrected chi connectivity index (χ4v) is 3.71. The molecule has 4 atom stereocenters. The number of amides is 4. The van der Waals surface area contributed by atoms with E-state index in [1.807, 2.05) is 0 Å². The van der Waals surface area contributed by atoms with Crippen molar-refractivity contribution in [3.05, 3.63) is 48.0 Å². The van der Waals surface area contributed by atoms with Crippen molar-refractivity contribution in [2.75, 3.05) is 0 Å². The number of aliphatic carboxylic acids is 2. The fourth-order valence-electron chi connectivity index (χ4n) is 3.71. The third-order valence-corrected chi connectivity index (χ3v) is 5.91. The lowest BCUT2D eigenvalue weighted by Crippen LogP contribution is -2.58. The molecular formula is C25H33N7O9. The Morgan fingerprint density at radius 3 is 1.98 bits per heavy atom. The van der Waals surface area contributed by atoms with E-state index in [0.29, 0.717) is 11.3 Å². The summed E-state index contributed by atoms with van der Waals surface area (Å²) in [5.74, 6) is -6.15. The van der Waals surface area contributed by atoms with Crippen LogP contribution in [0.2, 0.25) is 0 Å². The molecule has 0 saturated heterocycles. The summed E-state index contributed by atoms with van der Waals surface area (Å²) >= 11 is 0. The van der Waals surface area contributed by atoms with Gasteiger partial charge in [-0.1, -0.05) is 12.1 Å². The summed E-state index contributed by atoms with van der Waals surface area (Å²) in [6.45, 7) is 0. The molecule has 16 nitrogen and oxygen atoms in total. The lowest BCUT2D eigenvalue weighted by atomic mass is 10.0. The van der Waals surface area contributed by atoms with Crippen LogP contribution in [0.25, 0.3) is 0 Å². The molecule has 11 N–H and O–H groups in total. The van der Waals surface area contributed by atoms with Gasteiger partial charge in [-0.05, 0) is 30.5 Å². The van der Waals surface area contributed by atoms with Crippen molar-refractivity contribution in [1.29, 1.82) is 0 Å². The van der Waals surface area contributed by atoms with Gasteiger partial charge in [-0.25, -0.2) is 9.78 Å². The molecule has 0 aliphatic rings. The molecule has 0 aliphatic carbocycles. The quantitative estimate of drug-likeness (QED) is 0.0984. The van der Waals surface area contributed by atoms with Crippen molar-refractivity contribution >= 4 is 35.6 Å². The van der Waals surface area contributed by atoms with Crippen LogP contribution in [0.1, 0.15) is 36.9 Å². The molecule has 1 aromatic carbocycles. The van der Waals surface area contributed by atoms with Crippen molar-refractivity contribution < 1.29 is 44.1 Å². The first kappa shape index (κ1) is 32.2. The van der Waals surface area contributed by atoms with Gasteiger partial charge in [0, 0.05) is 37.6 Å². The second kappa shape index (κ2) is 15.6. The number of aromatic hydroxyl groups is 1.